The van der Waals surface area contributed by atoms with E-state index in [1.807, 2.05) is 10.3 Å². The van der Waals surface area contributed by atoms with E-state index in [1.165, 1.54) is 12.1 Å². The molecule has 0 unspecified atom stereocenters. The van der Waals surface area contributed by atoms with Crippen LogP contribution in [-0.2, 0) is 17.8 Å². The minimum Gasteiger partial charge on any atom is -0.496 e. The number of carbonyl (C=O) groups excluding carboxylic acids is 1. The van der Waals surface area contributed by atoms with E-state index in [-0.39, 0.29) is 11.7 Å². The molecule has 3 heterocycles. The van der Waals surface area contributed by atoms with Gasteiger partial charge < -0.3 is 9.64 Å². The van der Waals surface area contributed by atoms with Crippen LogP contribution in [0.5, 0.6) is 5.75 Å². The van der Waals surface area contributed by atoms with Crippen molar-refractivity contribution in [3.63, 3.8) is 0 Å². The predicted octanol–water partition coefficient (Wildman–Crippen LogP) is 3.59. The van der Waals surface area contributed by atoms with Crippen molar-refractivity contribution in [2.24, 2.45) is 0 Å². The quantitative estimate of drug-likeness (QED) is 0.586. The maximum absolute atomic E-state index is 13.6. The van der Waals surface area contributed by atoms with E-state index in [4.69, 9.17) is 4.74 Å². The minimum atomic E-state index is -0.266. The van der Waals surface area contributed by atoms with Gasteiger partial charge in [0.1, 0.15) is 11.6 Å². The summed E-state index contributed by atoms with van der Waals surface area (Å²) in [7, 11) is 1.59. The molecule has 0 saturated carbocycles. The van der Waals surface area contributed by atoms with Gasteiger partial charge in [0.05, 0.1) is 19.2 Å². The van der Waals surface area contributed by atoms with E-state index in [9.17, 15) is 9.18 Å². The maximum Gasteiger partial charge on any atom is 0.228 e. The highest BCUT2D eigenvalue weighted by molar-refractivity contribution is 7.12. The van der Waals surface area contributed by atoms with Gasteiger partial charge in [-0.05, 0) is 44.2 Å². The number of aromatic nitrogens is 2. The first-order valence-electron chi connectivity index (χ1n) is 10.4. The molecule has 1 aliphatic heterocycles. The molecule has 0 N–H and O–H groups in total. The number of halogens is 1. The number of carbonyl (C=O) groups is 1. The van der Waals surface area contributed by atoms with Crippen LogP contribution in [0.4, 0.5) is 4.39 Å². The van der Waals surface area contributed by atoms with E-state index in [0.29, 0.717) is 31.8 Å². The number of piperazine rings is 1. The molecule has 0 spiro atoms. The van der Waals surface area contributed by atoms with Gasteiger partial charge in [-0.3, -0.25) is 14.3 Å². The molecule has 1 aromatic carbocycles. The van der Waals surface area contributed by atoms with Crippen LogP contribution in [-0.4, -0.2) is 58.5 Å². The van der Waals surface area contributed by atoms with Gasteiger partial charge in [-0.15, -0.1) is 11.3 Å². The summed E-state index contributed by atoms with van der Waals surface area (Å²) in [4.78, 5) is 21.6. The normalized spacial score (nSPS) is 14.8. The Morgan fingerprint density at radius 2 is 1.84 bits per heavy atom. The molecule has 0 radical (unpaired) electrons. The molecule has 8 heteroatoms. The van der Waals surface area contributed by atoms with E-state index in [1.54, 1.807) is 24.5 Å². The number of ether oxygens (including phenoxy) is 1. The molecule has 6 nitrogen and oxygen atoms in total. The van der Waals surface area contributed by atoms with Gasteiger partial charge in [-0.2, -0.15) is 0 Å². The summed E-state index contributed by atoms with van der Waals surface area (Å²) in [5.74, 6) is 0.519. The third-order valence-electron chi connectivity index (χ3n) is 5.70. The summed E-state index contributed by atoms with van der Waals surface area (Å²) in [6.07, 6.45) is 0.313. The van der Waals surface area contributed by atoms with Crippen molar-refractivity contribution >= 4 is 17.2 Å². The van der Waals surface area contributed by atoms with Crippen molar-refractivity contribution in [3.8, 4) is 10.9 Å². The number of hydrogen-bond acceptors (Lipinski definition) is 5. The van der Waals surface area contributed by atoms with Crippen molar-refractivity contribution in [3.05, 3.63) is 64.2 Å². The van der Waals surface area contributed by atoms with E-state index in [2.05, 4.69) is 40.4 Å². The molecule has 1 aliphatic rings. The number of methoxy groups -OCH3 is 1. The zero-order chi connectivity index (χ0) is 22.0. The molecule has 1 amide bonds. The molecule has 2 aromatic heterocycles. The zero-order valence-electron chi connectivity index (χ0n) is 18.1. The highest BCUT2D eigenvalue weighted by Gasteiger charge is 2.23. The van der Waals surface area contributed by atoms with Gasteiger partial charge in [0.2, 0.25) is 5.91 Å². The van der Waals surface area contributed by atoms with Crippen LogP contribution in [0.1, 0.15) is 22.6 Å². The number of hydrogen-bond donors (Lipinski definition) is 0. The van der Waals surface area contributed by atoms with Gasteiger partial charge in [0, 0.05) is 55.1 Å². The molecular weight excluding hydrogens is 415 g/mol. The number of nitrogens with zero attached hydrogens (tertiary/aromatic N) is 4. The average molecular weight is 443 g/mol. The molecular formula is C23H27FN4O2S. The molecule has 4 rings (SSSR count). The smallest absolute Gasteiger partial charge is 0.228 e. The fraction of sp³-hybridized carbons (Fsp3) is 0.391. The van der Waals surface area contributed by atoms with Gasteiger partial charge in [-0.25, -0.2) is 9.37 Å². The average Bonchev–Trinajstić information content (AvgIpc) is 3.34. The number of aryl methyl sites for hydroxylation is 2. The molecule has 0 bridgehead atoms. The second kappa shape index (κ2) is 9.20. The van der Waals surface area contributed by atoms with Crippen LogP contribution in [0.2, 0.25) is 0 Å². The number of thiazole rings is 1. The third-order valence-corrected chi connectivity index (χ3v) is 6.57. The third kappa shape index (κ3) is 4.80. The second-order valence-electron chi connectivity index (χ2n) is 7.86. The Morgan fingerprint density at radius 1 is 1.13 bits per heavy atom. The fourth-order valence-corrected chi connectivity index (χ4v) is 4.92. The maximum atomic E-state index is 13.6. The molecule has 31 heavy (non-hydrogen) atoms. The van der Waals surface area contributed by atoms with E-state index in [0.717, 1.165) is 40.9 Å². The molecule has 164 valence electrons. The lowest BCUT2D eigenvalue weighted by atomic mass is 10.1. The predicted molar refractivity (Wildman–Crippen MR) is 119 cm³/mol. The Bertz CT molecular complexity index is 1050. The van der Waals surface area contributed by atoms with Crippen molar-refractivity contribution in [1.82, 2.24) is 19.4 Å². The van der Waals surface area contributed by atoms with Crippen molar-refractivity contribution in [2.75, 3.05) is 33.3 Å². The second-order valence-corrected chi connectivity index (χ2v) is 8.70. The number of rotatable bonds is 6. The van der Waals surface area contributed by atoms with E-state index >= 15 is 0 Å². The number of amides is 1. The first kappa shape index (κ1) is 21.5. The van der Waals surface area contributed by atoms with Gasteiger partial charge in [-0.1, -0.05) is 0 Å². The summed E-state index contributed by atoms with van der Waals surface area (Å²) in [5.41, 5.74) is 3.91. The van der Waals surface area contributed by atoms with Crippen LogP contribution in [0.15, 0.2) is 35.7 Å². The number of benzene rings is 1. The minimum absolute atomic E-state index is 0.0980. The molecule has 3 aromatic rings. The monoisotopic (exact) mass is 442 g/mol. The molecule has 0 atom stereocenters. The molecule has 1 saturated heterocycles. The Morgan fingerprint density at radius 3 is 2.52 bits per heavy atom. The summed E-state index contributed by atoms with van der Waals surface area (Å²) in [6.45, 7) is 7.52. The van der Waals surface area contributed by atoms with Crippen molar-refractivity contribution < 1.29 is 13.9 Å². The topological polar surface area (TPSA) is 50.6 Å². The van der Waals surface area contributed by atoms with Crippen molar-refractivity contribution in [2.45, 2.75) is 26.8 Å². The lowest BCUT2D eigenvalue weighted by Crippen LogP contribution is -2.48. The Kier molecular flexibility index (Phi) is 6.38. The van der Waals surface area contributed by atoms with Gasteiger partial charge in [0.15, 0.2) is 5.13 Å². The Balaban J connectivity index is 1.33. The molecule has 1 fully saturated rings. The van der Waals surface area contributed by atoms with Crippen LogP contribution in [0.3, 0.4) is 0 Å². The highest BCUT2D eigenvalue weighted by Crippen LogP contribution is 2.23. The van der Waals surface area contributed by atoms with Crippen LogP contribution in [0.25, 0.3) is 5.13 Å². The summed E-state index contributed by atoms with van der Waals surface area (Å²) in [6, 6.07) is 8.72. The first-order valence-corrected chi connectivity index (χ1v) is 11.2. The lowest BCUT2D eigenvalue weighted by Gasteiger charge is -2.35. The Labute approximate surface area is 185 Å². The van der Waals surface area contributed by atoms with E-state index < -0.39 is 0 Å². The van der Waals surface area contributed by atoms with Gasteiger partial charge in [0.25, 0.3) is 0 Å². The molecule has 0 aliphatic carbocycles. The zero-order valence-corrected chi connectivity index (χ0v) is 18.9. The summed E-state index contributed by atoms with van der Waals surface area (Å²) >= 11 is 1.56. The largest absolute Gasteiger partial charge is 0.496 e. The highest BCUT2D eigenvalue weighted by atomic mass is 32.1. The fourth-order valence-electron chi connectivity index (χ4n) is 3.98. The van der Waals surface area contributed by atoms with Gasteiger partial charge >= 0.3 is 0 Å². The summed E-state index contributed by atoms with van der Waals surface area (Å²) in [5, 5.41) is 2.87. The SMILES string of the molecule is COc1ccc(F)cc1CN1CCN(C(=O)Cc2csc(-n3c(C)ccc3C)n2)CC1. The lowest BCUT2D eigenvalue weighted by molar-refractivity contribution is -0.132. The van der Waals surface area contributed by atoms with Crippen molar-refractivity contribution in [1.29, 1.82) is 0 Å². The standard InChI is InChI=1S/C23H27FN4O2S/c1-16-4-5-17(2)28(16)23-25-20(15-31-23)13-22(29)27-10-8-26(9-11-27)14-18-12-19(24)6-7-21(18)30-3/h4-7,12,15H,8-11,13-14H2,1-3H3. The first-order chi connectivity index (χ1) is 14.9. The van der Waals surface area contributed by atoms with Crippen LogP contribution in [0, 0.1) is 19.7 Å². The van der Waals surface area contributed by atoms with Crippen LogP contribution < -0.4 is 4.74 Å². The van der Waals surface area contributed by atoms with Crippen LogP contribution >= 0.6 is 11.3 Å². The Hall–Kier alpha value is -2.71. The summed E-state index contributed by atoms with van der Waals surface area (Å²) < 4.78 is 21.1.